The number of nitrogens with zero attached hydrogens (tertiary/aromatic N) is 2. The molecule has 178 valence electrons. The first-order valence-electron chi connectivity index (χ1n) is 11.4. The van der Waals surface area contributed by atoms with Crippen molar-refractivity contribution >= 4 is 39.0 Å². The fraction of sp³-hybridized carbons (Fsp3) is 0.458. The number of carboxylic acids is 1. The zero-order valence-electron chi connectivity index (χ0n) is 18.8. The van der Waals surface area contributed by atoms with Gasteiger partial charge in [0.1, 0.15) is 0 Å². The second kappa shape index (κ2) is 9.91. The molecule has 2 fully saturated rings. The normalized spacial score (nSPS) is 19.6. The number of hydrogen-bond acceptors (Lipinski definition) is 5. The fourth-order valence-corrected chi connectivity index (χ4v) is 6.45. The van der Waals surface area contributed by atoms with E-state index < -0.39 is 16.0 Å². The second-order valence-corrected chi connectivity index (χ2v) is 11.0. The lowest BCUT2D eigenvalue weighted by Crippen LogP contribution is -2.41. The molecule has 2 N–H and O–H groups in total. The third-order valence-corrected chi connectivity index (χ3v) is 8.50. The van der Waals surface area contributed by atoms with Gasteiger partial charge in [-0.25, -0.2) is 13.2 Å². The van der Waals surface area contributed by atoms with Gasteiger partial charge in [0.2, 0.25) is 0 Å². The summed E-state index contributed by atoms with van der Waals surface area (Å²) >= 11 is 6.08. The third-order valence-electron chi connectivity index (χ3n) is 6.56. The quantitative estimate of drug-likeness (QED) is 0.594. The molecule has 0 saturated carbocycles. The summed E-state index contributed by atoms with van der Waals surface area (Å²) in [5.41, 5.74) is 1.38. The van der Waals surface area contributed by atoms with Gasteiger partial charge in [0.25, 0.3) is 10.0 Å². The van der Waals surface area contributed by atoms with Crippen LogP contribution in [0.5, 0.6) is 0 Å². The summed E-state index contributed by atoms with van der Waals surface area (Å²) in [6, 6.07) is 9.42. The molecule has 33 heavy (non-hydrogen) atoms. The minimum atomic E-state index is -3.92. The molecule has 2 aliphatic rings. The van der Waals surface area contributed by atoms with Crippen LogP contribution in [-0.2, 0) is 10.0 Å². The number of hydrogen-bond donors (Lipinski definition) is 2. The summed E-state index contributed by atoms with van der Waals surface area (Å²) in [5, 5.41) is 10.2. The number of rotatable bonds is 7. The van der Waals surface area contributed by atoms with Crippen LogP contribution in [0.3, 0.4) is 0 Å². The summed E-state index contributed by atoms with van der Waals surface area (Å²) in [6.07, 6.45) is 4.67. The first-order chi connectivity index (χ1) is 15.7. The number of anilines is 2. The Bertz CT molecular complexity index is 1130. The van der Waals surface area contributed by atoms with E-state index in [2.05, 4.69) is 14.5 Å². The standard InChI is InChI=1S/C24H30ClN3O4S/c1-17-21(25)7-4-8-23(17)33(31,32)26-19-9-10-22(20(14-19)24(29)30)28-13-5-6-18(16-28)15-27-11-2-3-12-27/h4,7-10,14,18,26H,2-3,5-6,11-13,15-16H2,1H3,(H,29,30). The largest absolute Gasteiger partial charge is 0.478 e. The van der Waals surface area contributed by atoms with E-state index in [0.29, 0.717) is 22.2 Å². The molecular formula is C24H30ClN3O4S. The number of nitrogens with one attached hydrogen (secondary N) is 1. The fourth-order valence-electron chi connectivity index (χ4n) is 4.90. The van der Waals surface area contributed by atoms with E-state index in [0.717, 1.165) is 45.6 Å². The number of carboxylic acid groups (broad SMARTS) is 1. The number of likely N-dealkylation sites (tertiary alicyclic amines) is 1. The van der Waals surface area contributed by atoms with Crippen molar-refractivity contribution in [2.75, 3.05) is 42.3 Å². The average Bonchev–Trinajstić information content (AvgIpc) is 3.28. The molecule has 1 unspecified atom stereocenters. The topological polar surface area (TPSA) is 90.0 Å². The summed E-state index contributed by atoms with van der Waals surface area (Å²) in [5.74, 6) is -0.575. The predicted octanol–water partition coefficient (Wildman–Crippen LogP) is 4.46. The van der Waals surface area contributed by atoms with Crippen molar-refractivity contribution in [1.29, 1.82) is 0 Å². The van der Waals surface area contributed by atoms with Crippen LogP contribution in [-0.4, -0.2) is 57.1 Å². The number of aromatic carboxylic acids is 1. The van der Waals surface area contributed by atoms with Crippen LogP contribution in [0, 0.1) is 12.8 Å². The van der Waals surface area contributed by atoms with Crippen LogP contribution >= 0.6 is 11.6 Å². The van der Waals surface area contributed by atoms with Crippen molar-refractivity contribution in [1.82, 2.24) is 4.90 Å². The SMILES string of the molecule is Cc1c(Cl)cccc1S(=O)(=O)Nc1ccc(N2CCCC(CN3CCCC3)C2)c(C(=O)O)c1. The van der Waals surface area contributed by atoms with Gasteiger partial charge < -0.3 is 14.9 Å². The van der Waals surface area contributed by atoms with Crippen LogP contribution in [0.1, 0.15) is 41.6 Å². The highest BCUT2D eigenvalue weighted by Gasteiger charge is 2.27. The Hall–Kier alpha value is -2.29. The van der Waals surface area contributed by atoms with Crippen LogP contribution in [0.4, 0.5) is 11.4 Å². The van der Waals surface area contributed by atoms with Gasteiger partial charge in [-0.1, -0.05) is 17.7 Å². The first-order valence-corrected chi connectivity index (χ1v) is 13.2. The smallest absolute Gasteiger partial charge is 0.337 e. The van der Waals surface area contributed by atoms with Crippen molar-refractivity contribution in [3.05, 3.63) is 52.5 Å². The van der Waals surface area contributed by atoms with Gasteiger partial charge in [-0.15, -0.1) is 0 Å². The molecule has 1 atom stereocenters. The van der Waals surface area contributed by atoms with Gasteiger partial charge in [0.05, 0.1) is 16.1 Å². The Kier molecular flexibility index (Phi) is 7.16. The Morgan fingerprint density at radius 1 is 1.15 bits per heavy atom. The predicted molar refractivity (Wildman–Crippen MR) is 131 cm³/mol. The van der Waals surface area contributed by atoms with Crippen molar-refractivity contribution < 1.29 is 18.3 Å². The van der Waals surface area contributed by atoms with Gasteiger partial charge in [0.15, 0.2) is 0 Å². The molecule has 2 aliphatic heterocycles. The molecule has 0 aromatic heterocycles. The minimum absolute atomic E-state index is 0.0664. The molecule has 2 heterocycles. The number of halogens is 1. The van der Waals surface area contributed by atoms with Crippen molar-refractivity contribution in [2.24, 2.45) is 5.92 Å². The van der Waals surface area contributed by atoms with Gasteiger partial charge >= 0.3 is 5.97 Å². The Morgan fingerprint density at radius 3 is 2.64 bits per heavy atom. The van der Waals surface area contributed by atoms with E-state index >= 15 is 0 Å². The lowest BCUT2D eigenvalue weighted by Gasteiger charge is -2.36. The van der Waals surface area contributed by atoms with Gasteiger partial charge in [-0.3, -0.25) is 4.72 Å². The zero-order valence-corrected chi connectivity index (χ0v) is 20.3. The highest BCUT2D eigenvalue weighted by molar-refractivity contribution is 7.92. The summed E-state index contributed by atoms with van der Waals surface area (Å²) in [7, 11) is -3.92. The third kappa shape index (κ3) is 5.45. The monoisotopic (exact) mass is 491 g/mol. The van der Waals surface area contributed by atoms with E-state index in [1.807, 2.05) is 0 Å². The first kappa shape index (κ1) is 23.9. The van der Waals surface area contributed by atoms with Gasteiger partial charge in [-0.2, -0.15) is 0 Å². The second-order valence-electron chi connectivity index (χ2n) is 8.97. The molecule has 0 aliphatic carbocycles. The summed E-state index contributed by atoms with van der Waals surface area (Å²) in [6.45, 7) is 6.59. The number of carbonyl (C=O) groups is 1. The number of sulfonamides is 1. The Morgan fingerprint density at radius 2 is 1.91 bits per heavy atom. The van der Waals surface area contributed by atoms with E-state index in [-0.39, 0.29) is 16.1 Å². The van der Waals surface area contributed by atoms with Crippen LogP contribution < -0.4 is 9.62 Å². The molecule has 9 heteroatoms. The van der Waals surface area contributed by atoms with E-state index in [1.54, 1.807) is 31.2 Å². The molecule has 0 spiro atoms. The van der Waals surface area contributed by atoms with Crippen LogP contribution in [0.2, 0.25) is 5.02 Å². The van der Waals surface area contributed by atoms with Gasteiger partial charge in [0, 0.05) is 30.3 Å². The maximum atomic E-state index is 12.9. The van der Waals surface area contributed by atoms with Crippen molar-refractivity contribution in [2.45, 2.75) is 37.5 Å². The maximum Gasteiger partial charge on any atom is 0.337 e. The molecule has 0 amide bonds. The molecule has 4 rings (SSSR count). The molecule has 2 aromatic carbocycles. The average molecular weight is 492 g/mol. The molecule has 2 saturated heterocycles. The van der Waals surface area contributed by atoms with Crippen LogP contribution in [0.15, 0.2) is 41.3 Å². The molecule has 0 radical (unpaired) electrons. The Labute approximate surface area is 200 Å². The zero-order chi connectivity index (χ0) is 23.6. The minimum Gasteiger partial charge on any atom is -0.478 e. The van der Waals surface area contributed by atoms with Crippen LogP contribution in [0.25, 0.3) is 0 Å². The van der Waals surface area contributed by atoms with E-state index in [1.165, 1.54) is 25.0 Å². The number of piperidine rings is 1. The summed E-state index contributed by atoms with van der Waals surface area (Å²) in [4.78, 5) is 16.8. The lowest BCUT2D eigenvalue weighted by atomic mass is 9.96. The van der Waals surface area contributed by atoms with E-state index in [4.69, 9.17) is 11.6 Å². The highest BCUT2D eigenvalue weighted by Crippen LogP contribution is 2.31. The number of benzene rings is 2. The molecule has 7 nitrogen and oxygen atoms in total. The van der Waals surface area contributed by atoms with Crippen molar-refractivity contribution in [3.63, 3.8) is 0 Å². The maximum absolute atomic E-state index is 12.9. The van der Waals surface area contributed by atoms with Gasteiger partial charge in [-0.05, 0) is 87.5 Å². The summed E-state index contributed by atoms with van der Waals surface area (Å²) < 4.78 is 28.3. The molecule has 0 bridgehead atoms. The van der Waals surface area contributed by atoms with Crippen molar-refractivity contribution in [3.8, 4) is 0 Å². The highest BCUT2D eigenvalue weighted by atomic mass is 35.5. The molecular weight excluding hydrogens is 462 g/mol. The Balaban J connectivity index is 1.55. The molecule has 2 aromatic rings. The van der Waals surface area contributed by atoms with E-state index in [9.17, 15) is 18.3 Å². The lowest BCUT2D eigenvalue weighted by molar-refractivity contribution is 0.0697.